The van der Waals surface area contributed by atoms with Crippen LogP contribution in [0, 0.1) is 5.92 Å². The lowest BCUT2D eigenvalue weighted by atomic mass is 9.99. The van der Waals surface area contributed by atoms with Crippen molar-refractivity contribution >= 4 is 30.0 Å². The number of alkyl halides is 3. The SMILES string of the molecule is CCC(C)[C@H](N)C(=O)N1CCCN1C(=O)Nc1ccc(C(F)(F)F)cc1.Cl. The van der Waals surface area contributed by atoms with E-state index in [9.17, 15) is 22.8 Å². The monoisotopic (exact) mass is 408 g/mol. The van der Waals surface area contributed by atoms with Gasteiger partial charge in [0.25, 0.3) is 5.91 Å². The fraction of sp³-hybridized carbons (Fsp3) is 0.529. The number of carbonyl (C=O) groups is 2. The van der Waals surface area contributed by atoms with Gasteiger partial charge in [0.05, 0.1) is 11.6 Å². The van der Waals surface area contributed by atoms with Crippen LogP contribution in [-0.2, 0) is 11.0 Å². The van der Waals surface area contributed by atoms with Gasteiger partial charge < -0.3 is 11.1 Å². The van der Waals surface area contributed by atoms with Crippen molar-refractivity contribution in [2.45, 2.75) is 38.9 Å². The molecule has 2 atom stereocenters. The van der Waals surface area contributed by atoms with E-state index < -0.39 is 23.8 Å². The summed E-state index contributed by atoms with van der Waals surface area (Å²) in [6, 6.07) is 2.84. The van der Waals surface area contributed by atoms with E-state index in [0.29, 0.717) is 19.5 Å². The van der Waals surface area contributed by atoms with Crippen LogP contribution in [0.15, 0.2) is 24.3 Å². The van der Waals surface area contributed by atoms with E-state index in [1.807, 2.05) is 13.8 Å². The van der Waals surface area contributed by atoms with Crippen molar-refractivity contribution in [3.8, 4) is 0 Å². The fourth-order valence-electron chi connectivity index (χ4n) is 2.65. The Labute approximate surface area is 162 Å². The summed E-state index contributed by atoms with van der Waals surface area (Å²) >= 11 is 0. The normalized spacial score (nSPS) is 16.5. The van der Waals surface area contributed by atoms with Crippen molar-refractivity contribution in [1.82, 2.24) is 10.0 Å². The highest BCUT2D eigenvalue weighted by atomic mass is 35.5. The van der Waals surface area contributed by atoms with Gasteiger partial charge in [-0.05, 0) is 36.6 Å². The Morgan fingerprint density at radius 3 is 2.26 bits per heavy atom. The number of anilines is 1. The topological polar surface area (TPSA) is 78.7 Å². The summed E-state index contributed by atoms with van der Waals surface area (Å²) in [5.74, 6) is -0.359. The molecular weight excluding hydrogens is 385 g/mol. The Kier molecular flexibility index (Phi) is 7.91. The summed E-state index contributed by atoms with van der Waals surface area (Å²) in [6.07, 6.45) is -3.09. The summed E-state index contributed by atoms with van der Waals surface area (Å²) in [5.41, 5.74) is 5.39. The minimum Gasteiger partial charge on any atom is -0.320 e. The van der Waals surface area contributed by atoms with Crippen molar-refractivity contribution in [1.29, 1.82) is 0 Å². The van der Waals surface area contributed by atoms with E-state index in [4.69, 9.17) is 5.73 Å². The van der Waals surface area contributed by atoms with Crippen LogP contribution in [0.3, 0.4) is 0 Å². The molecule has 2 rings (SSSR count). The van der Waals surface area contributed by atoms with Crippen LogP contribution < -0.4 is 11.1 Å². The highest BCUT2D eigenvalue weighted by molar-refractivity contribution is 5.92. The molecule has 0 radical (unpaired) electrons. The quantitative estimate of drug-likeness (QED) is 0.800. The van der Waals surface area contributed by atoms with Gasteiger partial charge in [0, 0.05) is 18.8 Å². The maximum absolute atomic E-state index is 12.6. The molecule has 0 aliphatic carbocycles. The van der Waals surface area contributed by atoms with E-state index >= 15 is 0 Å². The Morgan fingerprint density at radius 2 is 1.74 bits per heavy atom. The van der Waals surface area contributed by atoms with Gasteiger partial charge in [-0.3, -0.25) is 4.79 Å². The van der Waals surface area contributed by atoms with Crippen LogP contribution in [-0.4, -0.2) is 41.1 Å². The third kappa shape index (κ3) is 5.49. The Morgan fingerprint density at radius 1 is 1.19 bits per heavy atom. The molecule has 1 unspecified atom stereocenters. The summed E-state index contributed by atoms with van der Waals surface area (Å²) < 4.78 is 37.8. The van der Waals surface area contributed by atoms with Gasteiger partial charge in [-0.25, -0.2) is 14.8 Å². The van der Waals surface area contributed by atoms with E-state index in [-0.39, 0.29) is 29.9 Å². The molecule has 6 nitrogen and oxygen atoms in total. The standard InChI is InChI=1S/C17H23F3N4O2.ClH/c1-3-11(2)14(21)15(25)23-9-4-10-24(23)16(26)22-13-7-5-12(6-8-13)17(18,19)20;/h5-8,11,14H,3-4,9-10,21H2,1-2H3,(H,22,26);1H/t11?,14-;/m0./s1. The molecule has 1 aromatic rings. The van der Waals surface area contributed by atoms with Crippen molar-refractivity contribution in [3.05, 3.63) is 29.8 Å². The smallest absolute Gasteiger partial charge is 0.320 e. The third-order valence-corrected chi connectivity index (χ3v) is 4.53. The first-order valence-corrected chi connectivity index (χ1v) is 8.47. The molecule has 1 aliphatic heterocycles. The molecule has 0 spiro atoms. The lowest BCUT2D eigenvalue weighted by Crippen LogP contribution is -2.53. The summed E-state index contributed by atoms with van der Waals surface area (Å²) in [4.78, 5) is 25.0. The van der Waals surface area contributed by atoms with E-state index in [2.05, 4.69) is 5.32 Å². The second-order valence-corrected chi connectivity index (χ2v) is 6.35. The van der Waals surface area contributed by atoms with Gasteiger partial charge in [0.2, 0.25) is 0 Å². The van der Waals surface area contributed by atoms with Crippen LogP contribution in [0.1, 0.15) is 32.3 Å². The predicted molar refractivity (Wildman–Crippen MR) is 98.2 cm³/mol. The number of hydrogen-bond donors (Lipinski definition) is 2. The number of nitrogens with zero attached hydrogens (tertiary/aromatic N) is 2. The lowest BCUT2D eigenvalue weighted by molar-refractivity contribution is -0.142. The minimum atomic E-state index is -4.44. The molecule has 3 amide bonds. The average molecular weight is 409 g/mol. The number of benzene rings is 1. The van der Waals surface area contributed by atoms with Crippen LogP contribution in [0.25, 0.3) is 0 Å². The zero-order valence-corrected chi connectivity index (χ0v) is 15.9. The van der Waals surface area contributed by atoms with Crippen LogP contribution in [0.2, 0.25) is 0 Å². The number of nitrogens with one attached hydrogen (secondary N) is 1. The van der Waals surface area contributed by atoms with Gasteiger partial charge in [-0.1, -0.05) is 20.3 Å². The zero-order chi connectivity index (χ0) is 19.5. The molecule has 27 heavy (non-hydrogen) atoms. The van der Waals surface area contributed by atoms with Crippen LogP contribution >= 0.6 is 12.4 Å². The molecule has 3 N–H and O–H groups in total. The summed E-state index contributed by atoms with van der Waals surface area (Å²) in [6.45, 7) is 4.51. The lowest BCUT2D eigenvalue weighted by Gasteiger charge is -2.31. The molecule has 1 heterocycles. The van der Waals surface area contributed by atoms with Crippen molar-refractivity contribution in [2.75, 3.05) is 18.4 Å². The largest absolute Gasteiger partial charge is 0.416 e. The van der Waals surface area contributed by atoms with Crippen molar-refractivity contribution in [3.63, 3.8) is 0 Å². The van der Waals surface area contributed by atoms with Gasteiger partial charge in [0.15, 0.2) is 0 Å². The first-order valence-electron chi connectivity index (χ1n) is 8.47. The summed E-state index contributed by atoms with van der Waals surface area (Å²) in [5, 5.41) is 5.08. The summed E-state index contributed by atoms with van der Waals surface area (Å²) in [7, 11) is 0. The Hall–Kier alpha value is -2.00. The number of urea groups is 1. The highest BCUT2D eigenvalue weighted by Gasteiger charge is 2.35. The molecule has 0 aromatic heterocycles. The first-order chi connectivity index (χ1) is 12.1. The Balaban J connectivity index is 0.00000364. The van der Waals surface area contributed by atoms with Crippen LogP contribution in [0.5, 0.6) is 0 Å². The number of carbonyl (C=O) groups excluding carboxylic acids is 2. The van der Waals surface area contributed by atoms with Crippen molar-refractivity contribution in [2.24, 2.45) is 11.7 Å². The fourth-order valence-corrected chi connectivity index (χ4v) is 2.65. The van der Waals surface area contributed by atoms with Gasteiger partial charge in [0.1, 0.15) is 0 Å². The Bertz CT molecular complexity index is 655. The number of halogens is 4. The maximum atomic E-state index is 12.6. The van der Waals surface area contributed by atoms with E-state index in [1.165, 1.54) is 22.2 Å². The molecule has 1 fully saturated rings. The zero-order valence-electron chi connectivity index (χ0n) is 15.1. The number of rotatable bonds is 4. The van der Waals surface area contributed by atoms with E-state index in [1.54, 1.807) is 0 Å². The number of hydrazine groups is 1. The number of nitrogens with two attached hydrogens (primary N) is 1. The van der Waals surface area contributed by atoms with Crippen molar-refractivity contribution < 1.29 is 22.8 Å². The molecule has 152 valence electrons. The highest BCUT2D eigenvalue weighted by Crippen LogP contribution is 2.30. The molecule has 0 saturated carbocycles. The minimum absolute atomic E-state index is 0. The van der Waals surface area contributed by atoms with Gasteiger partial charge in [-0.2, -0.15) is 13.2 Å². The third-order valence-electron chi connectivity index (χ3n) is 4.53. The second-order valence-electron chi connectivity index (χ2n) is 6.35. The van der Waals surface area contributed by atoms with Gasteiger partial charge in [-0.15, -0.1) is 12.4 Å². The average Bonchev–Trinajstić information content (AvgIpc) is 3.09. The maximum Gasteiger partial charge on any atom is 0.416 e. The van der Waals surface area contributed by atoms with Gasteiger partial charge >= 0.3 is 12.2 Å². The number of hydrogen-bond acceptors (Lipinski definition) is 3. The number of amides is 3. The van der Waals surface area contributed by atoms with E-state index in [0.717, 1.165) is 18.6 Å². The van der Waals surface area contributed by atoms with Crippen LogP contribution in [0.4, 0.5) is 23.7 Å². The first kappa shape index (κ1) is 23.0. The molecule has 1 aromatic carbocycles. The molecule has 0 bridgehead atoms. The second kappa shape index (κ2) is 9.27. The molecule has 1 saturated heterocycles. The molecule has 10 heteroatoms. The predicted octanol–water partition coefficient (Wildman–Crippen LogP) is 3.48. The molecule has 1 aliphatic rings. The molecular formula is C17H24ClF3N4O2.